The molecule has 0 saturated carbocycles. The first-order valence-electron chi connectivity index (χ1n) is 26.1. The number of halogens is 1. The summed E-state index contributed by atoms with van der Waals surface area (Å²) < 4.78 is 0. The van der Waals surface area contributed by atoms with Crippen LogP contribution >= 0.6 is 12.4 Å². The molecule has 0 amide bonds. The first-order valence-corrected chi connectivity index (χ1v) is 26.1. The first-order chi connectivity index (χ1) is 38.7. The van der Waals surface area contributed by atoms with Crippen LogP contribution in [0, 0.1) is 0 Å². The van der Waals surface area contributed by atoms with E-state index in [0.29, 0.717) is 0 Å². The van der Waals surface area contributed by atoms with Crippen LogP contribution in [-0.4, -0.2) is 29.9 Å². The van der Waals surface area contributed by atoms with Crippen LogP contribution in [0.15, 0.2) is 292 Å². The molecule has 0 aliphatic heterocycles. The molecule has 0 radical (unpaired) electrons. The monoisotopic (exact) mass is 1130 g/mol. The molecule has 0 spiro atoms. The van der Waals surface area contributed by atoms with Crippen molar-refractivity contribution in [2.75, 3.05) is 0 Å². The fourth-order valence-electron chi connectivity index (χ4n) is 10.7. The normalized spacial score (nSPS) is 10.8. The molecule has 0 N–H and O–H groups in total. The Morgan fingerprint density at radius 1 is 0.163 bits per heavy atom. The maximum absolute atomic E-state index is 4.67. The molecule has 6 nitrogen and oxygen atoms in total. The molecule has 0 bridgehead atoms. The van der Waals surface area contributed by atoms with Gasteiger partial charge in [-0.3, -0.25) is 29.9 Å². The van der Waals surface area contributed by atoms with E-state index in [1.807, 2.05) is 73.6 Å². The number of hydrogen-bond acceptors (Lipinski definition) is 6. The summed E-state index contributed by atoms with van der Waals surface area (Å²) in [6.45, 7) is 0. The third-order valence-electron chi connectivity index (χ3n) is 14.4. The van der Waals surface area contributed by atoms with Gasteiger partial charge in [0.05, 0.1) is 33.1 Å². The molecule has 0 atom stereocenters. The van der Waals surface area contributed by atoms with Gasteiger partial charge in [0.15, 0.2) is 0 Å². The van der Waals surface area contributed by atoms with Gasteiger partial charge in [-0.05, 0) is 103 Å². The second-order valence-corrected chi connectivity index (χ2v) is 18.9. The zero-order valence-electron chi connectivity index (χ0n) is 43.2. The summed E-state index contributed by atoms with van der Waals surface area (Å²) in [6, 6.07) is 88.0. The molecule has 0 saturated heterocycles. The van der Waals surface area contributed by atoms with Crippen LogP contribution in [0.3, 0.4) is 0 Å². The summed E-state index contributed by atoms with van der Waals surface area (Å²) in [5, 5.41) is 6.77. The number of pyridine rings is 6. The molecule has 0 unspecified atom stereocenters. The predicted octanol–water partition coefficient (Wildman–Crippen LogP) is 18.8. The third-order valence-corrected chi connectivity index (χ3v) is 14.4. The van der Waals surface area contributed by atoms with Gasteiger partial charge in [0.2, 0.25) is 0 Å². The second kappa shape index (κ2) is 23.9. The van der Waals surface area contributed by atoms with Crippen molar-refractivity contribution in [1.29, 1.82) is 0 Å². The summed E-state index contributed by atoms with van der Waals surface area (Å²) >= 11 is 0. The summed E-state index contributed by atoms with van der Waals surface area (Å²) in [4.78, 5) is 28.0. The second-order valence-electron chi connectivity index (χ2n) is 18.9. The number of fused-ring (bicyclic) bond motifs is 9. The SMILES string of the molecule is Cl.[Ru].c1ccc(-c2ccnc3c2ccc2c(-c4ccccc4)ccnc23)cc1.c1ccc(-c2ccnc3c2ccc2c(-c4ccccc4)ccnc23)cc1.c1ccc(-c2ccnc3c2ccc2c(-c4ccccc4)ccnc23)cc1. The van der Waals surface area contributed by atoms with Crippen LogP contribution in [0.25, 0.3) is 132 Å². The minimum Gasteiger partial charge on any atom is -0.254 e. The van der Waals surface area contributed by atoms with E-state index in [1.165, 1.54) is 66.8 Å². The molecule has 9 aromatic carbocycles. The maximum atomic E-state index is 4.67. The van der Waals surface area contributed by atoms with Gasteiger partial charge >= 0.3 is 0 Å². The zero-order valence-corrected chi connectivity index (χ0v) is 45.7. The molecule has 6 aromatic heterocycles. The molecule has 15 rings (SSSR count). The number of rotatable bonds is 6. The Balaban J connectivity index is 0.000000125. The van der Waals surface area contributed by atoms with Crippen LogP contribution in [0.2, 0.25) is 0 Å². The largest absolute Gasteiger partial charge is 0.254 e. The molecular weight excluding hydrogens is 1090 g/mol. The van der Waals surface area contributed by atoms with Gasteiger partial charge in [-0.25, -0.2) is 0 Å². The number of hydrogen-bond donors (Lipinski definition) is 0. The fourth-order valence-corrected chi connectivity index (χ4v) is 10.7. The van der Waals surface area contributed by atoms with Crippen molar-refractivity contribution in [2.45, 2.75) is 0 Å². The summed E-state index contributed by atoms with van der Waals surface area (Å²) in [7, 11) is 0. The molecule has 382 valence electrons. The van der Waals surface area contributed by atoms with Crippen LogP contribution in [0.1, 0.15) is 0 Å². The Morgan fingerprint density at radius 2 is 0.300 bits per heavy atom. The number of nitrogens with zero attached hydrogens (tertiary/aromatic N) is 6. The van der Waals surface area contributed by atoms with Gasteiger partial charge in [0.1, 0.15) is 0 Å². The van der Waals surface area contributed by atoms with E-state index in [2.05, 4.69) is 248 Å². The molecule has 15 aromatic rings. The summed E-state index contributed by atoms with van der Waals surface area (Å²) in [5.41, 5.74) is 19.9. The fraction of sp³-hybridized carbons (Fsp3) is 0. The van der Waals surface area contributed by atoms with Gasteiger partial charge in [-0.2, -0.15) is 0 Å². The van der Waals surface area contributed by atoms with Crippen LogP contribution in [0.5, 0.6) is 0 Å². The van der Waals surface area contributed by atoms with Gasteiger partial charge < -0.3 is 0 Å². The van der Waals surface area contributed by atoms with E-state index < -0.39 is 0 Å². The van der Waals surface area contributed by atoms with Gasteiger partial charge in [0, 0.05) is 89.0 Å². The Hall–Kier alpha value is -9.65. The van der Waals surface area contributed by atoms with E-state index >= 15 is 0 Å². The van der Waals surface area contributed by atoms with Crippen molar-refractivity contribution in [3.63, 3.8) is 0 Å². The topological polar surface area (TPSA) is 77.3 Å². The molecule has 0 aliphatic carbocycles. The van der Waals surface area contributed by atoms with Gasteiger partial charge in [-0.15, -0.1) is 12.4 Å². The van der Waals surface area contributed by atoms with Crippen molar-refractivity contribution < 1.29 is 19.5 Å². The molecule has 0 fully saturated rings. The van der Waals surface area contributed by atoms with Crippen molar-refractivity contribution in [3.05, 3.63) is 292 Å². The summed E-state index contributed by atoms with van der Waals surface area (Å²) in [6.07, 6.45) is 11.3. The van der Waals surface area contributed by atoms with E-state index in [0.717, 1.165) is 65.4 Å². The van der Waals surface area contributed by atoms with Crippen molar-refractivity contribution in [3.8, 4) is 66.8 Å². The molecule has 80 heavy (non-hydrogen) atoms. The standard InChI is InChI=1S/3C24H16N2.ClH.Ru/c3*1-3-7-17(8-4-1)19-13-15-25-23-21(19)11-12-22-20(14-16-26-24(22)23)18-9-5-2-6-10-18;;/h3*1-16H;1H;. The molecule has 6 heterocycles. The van der Waals surface area contributed by atoms with Crippen molar-refractivity contribution >= 4 is 77.8 Å². The average molecular weight is 1130 g/mol. The van der Waals surface area contributed by atoms with E-state index in [-0.39, 0.29) is 31.9 Å². The quantitative estimate of drug-likeness (QED) is 0.122. The summed E-state index contributed by atoms with van der Waals surface area (Å²) in [5.74, 6) is 0. The van der Waals surface area contributed by atoms with Crippen LogP contribution in [0.4, 0.5) is 0 Å². The Bertz CT molecular complexity index is 3830. The number of benzene rings is 9. The zero-order chi connectivity index (χ0) is 52.0. The van der Waals surface area contributed by atoms with Gasteiger partial charge in [0.25, 0.3) is 0 Å². The first kappa shape index (κ1) is 52.4. The van der Waals surface area contributed by atoms with Crippen LogP contribution < -0.4 is 0 Å². The average Bonchev–Trinajstić information content (AvgIpc) is 3.59. The van der Waals surface area contributed by atoms with Gasteiger partial charge in [-0.1, -0.05) is 218 Å². The van der Waals surface area contributed by atoms with E-state index in [1.54, 1.807) is 0 Å². The molecule has 8 heteroatoms. The maximum Gasteiger partial charge on any atom is 0.0970 e. The Labute approximate surface area is 482 Å². The molecular formula is C72H49ClN6Ru. The Morgan fingerprint density at radius 3 is 0.438 bits per heavy atom. The third kappa shape index (κ3) is 10.3. The van der Waals surface area contributed by atoms with Crippen molar-refractivity contribution in [2.24, 2.45) is 0 Å². The molecule has 0 aliphatic rings. The minimum atomic E-state index is 0. The predicted molar refractivity (Wildman–Crippen MR) is 331 cm³/mol. The van der Waals surface area contributed by atoms with E-state index in [4.69, 9.17) is 0 Å². The number of aromatic nitrogens is 6. The van der Waals surface area contributed by atoms with E-state index in [9.17, 15) is 0 Å². The Kier molecular flexibility index (Phi) is 15.7. The van der Waals surface area contributed by atoms with Crippen LogP contribution in [-0.2, 0) is 19.5 Å². The smallest absolute Gasteiger partial charge is 0.0970 e. The minimum absolute atomic E-state index is 0. The van der Waals surface area contributed by atoms with Crippen molar-refractivity contribution in [1.82, 2.24) is 29.9 Å².